The fourth-order valence-electron chi connectivity index (χ4n) is 3.51. The van der Waals surface area contributed by atoms with Gasteiger partial charge < -0.3 is 29.2 Å². The van der Waals surface area contributed by atoms with Crippen LogP contribution in [0.1, 0.15) is 34.3 Å². The number of ether oxygens (including phenoxy) is 4. The summed E-state index contributed by atoms with van der Waals surface area (Å²) in [5.74, 6) is -1.19. The highest BCUT2D eigenvalue weighted by Crippen LogP contribution is 2.44. The normalized spacial score (nSPS) is 10.5. The first-order valence-electron chi connectivity index (χ1n) is 10.2. The van der Waals surface area contributed by atoms with Gasteiger partial charge in [-0.3, -0.25) is 10.1 Å². The molecule has 34 heavy (non-hydrogen) atoms. The van der Waals surface area contributed by atoms with Crippen LogP contribution < -0.4 is 14.2 Å². The lowest BCUT2D eigenvalue weighted by Gasteiger charge is -2.17. The zero-order chi connectivity index (χ0) is 25.4. The van der Waals surface area contributed by atoms with Crippen molar-refractivity contribution >= 4 is 23.3 Å². The Morgan fingerprint density at radius 2 is 1.76 bits per heavy atom. The van der Waals surface area contributed by atoms with Crippen molar-refractivity contribution in [3.8, 4) is 28.7 Å². The van der Waals surface area contributed by atoms with Gasteiger partial charge in [-0.2, -0.15) is 0 Å². The SMILES string of the molecule is C=CCCc1c(Cl)c(O)cc(O)c1C(=O)OCCCc1c(OC)c(OC)cc([N+](=O)[O-])c1OC. The van der Waals surface area contributed by atoms with Gasteiger partial charge in [0.15, 0.2) is 11.5 Å². The van der Waals surface area contributed by atoms with Crippen LogP contribution in [0.15, 0.2) is 24.8 Å². The standard InChI is InChI=1S/C23H26ClNO9/c1-5-6-8-13-19(16(26)12-17(27)20(13)24)23(28)34-10-7-9-14-21(32-3)15(25(29)30)11-18(31-2)22(14)33-4/h5,11-12,26-27H,1,6-10H2,2-4H3. The van der Waals surface area contributed by atoms with E-state index < -0.39 is 16.6 Å². The summed E-state index contributed by atoms with van der Waals surface area (Å²) >= 11 is 6.13. The fraction of sp³-hybridized carbons (Fsp3) is 0.348. The van der Waals surface area contributed by atoms with Crippen molar-refractivity contribution in [1.82, 2.24) is 0 Å². The number of aromatic hydroxyl groups is 2. The van der Waals surface area contributed by atoms with Gasteiger partial charge in [-0.15, -0.1) is 6.58 Å². The number of rotatable bonds is 12. The van der Waals surface area contributed by atoms with Gasteiger partial charge in [0.05, 0.1) is 43.9 Å². The van der Waals surface area contributed by atoms with Gasteiger partial charge in [0.2, 0.25) is 5.75 Å². The number of methoxy groups -OCH3 is 3. The van der Waals surface area contributed by atoms with E-state index in [2.05, 4.69) is 6.58 Å². The molecule has 11 heteroatoms. The molecule has 0 aliphatic rings. The number of phenols is 2. The van der Waals surface area contributed by atoms with Gasteiger partial charge in [0.25, 0.3) is 0 Å². The van der Waals surface area contributed by atoms with E-state index in [0.29, 0.717) is 12.0 Å². The smallest absolute Gasteiger partial charge is 0.342 e. The van der Waals surface area contributed by atoms with Crippen molar-refractivity contribution < 1.29 is 38.9 Å². The first-order chi connectivity index (χ1) is 16.2. The Morgan fingerprint density at radius 3 is 2.32 bits per heavy atom. The second-order valence-corrected chi connectivity index (χ2v) is 7.43. The van der Waals surface area contributed by atoms with E-state index in [4.69, 9.17) is 30.5 Å². The zero-order valence-corrected chi connectivity index (χ0v) is 19.8. The van der Waals surface area contributed by atoms with Crippen molar-refractivity contribution in [3.63, 3.8) is 0 Å². The molecule has 0 aliphatic heterocycles. The number of carbonyl (C=O) groups excluding carboxylic acids is 1. The summed E-state index contributed by atoms with van der Waals surface area (Å²) in [6, 6.07) is 2.19. The molecule has 0 saturated heterocycles. The number of phenolic OH excluding ortho intramolecular Hbond substituents is 2. The number of carbonyl (C=O) groups is 1. The third-order valence-corrected chi connectivity index (χ3v) is 5.45. The summed E-state index contributed by atoms with van der Waals surface area (Å²) in [6.45, 7) is 3.53. The highest BCUT2D eigenvalue weighted by atomic mass is 35.5. The van der Waals surface area contributed by atoms with Crippen LogP contribution >= 0.6 is 11.6 Å². The molecule has 2 aromatic rings. The number of hydrogen-bond acceptors (Lipinski definition) is 9. The van der Waals surface area contributed by atoms with Gasteiger partial charge in [-0.1, -0.05) is 17.7 Å². The van der Waals surface area contributed by atoms with Crippen LogP contribution in [0.5, 0.6) is 28.7 Å². The topological polar surface area (TPSA) is 138 Å². The van der Waals surface area contributed by atoms with E-state index in [1.165, 1.54) is 27.4 Å². The zero-order valence-electron chi connectivity index (χ0n) is 19.1. The first kappa shape index (κ1) is 26.6. The predicted octanol–water partition coefficient (Wildman–Crippen LogP) is 4.59. The maximum Gasteiger partial charge on any atom is 0.342 e. The molecule has 10 nitrogen and oxygen atoms in total. The molecule has 0 unspecified atom stereocenters. The average molecular weight is 496 g/mol. The first-order valence-corrected chi connectivity index (χ1v) is 10.6. The van der Waals surface area contributed by atoms with Crippen molar-refractivity contribution in [2.24, 2.45) is 0 Å². The minimum Gasteiger partial charge on any atom is -0.507 e. The number of nitro groups is 1. The summed E-state index contributed by atoms with van der Waals surface area (Å²) in [7, 11) is 4.06. The molecule has 0 atom stereocenters. The highest BCUT2D eigenvalue weighted by Gasteiger charge is 2.27. The second kappa shape index (κ2) is 12.0. The van der Waals surface area contributed by atoms with Gasteiger partial charge in [0.1, 0.15) is 17.1 Å². The van der Waals surface area contributed by atoms with E-state index in [1.807, 2.05) is 0 Å². The van der Waals surface area contributed by atoms with Crippen LogP contribution in [0, 0.1) is 10.1 Å². The number of benzene rings is 2. The number of hydrogen-bond donors (Lipinski definition) is 2. The molecule has 0 amide bonds. The molecule has 0 heterocycles. The number of nitrogens with zero attached hydrogens (tertiary/aromatic N) is 1. The van der Waals surface area contributed by atoms with Gasteiger partial charge in [-0.05, 0) is 31.2 Å². The Hall–Kier alpha value is -3.66. The number of halogens is 1. The van der Waals surface area contributed by atoms with Gasteiger partial charge >= 0.3 is 11.7 Å². The molecule has 0 aromatic heterocycles. The van der Waals surface area contributed by atoms with Crippen molar-refractivity contribution in [2.45, 2.75) is 25.7 Å². The van der Waals surface area contributed by atoms with E-state index in [1.54, 1.807) is 6.08 Å². The van der Waals surface area contributed by atoms with Crippen molar-refractivity contribution in [3.05, 3.63) is 56.6 Å². The lowest BCUT2D eigenvalue weighted by atomic mass is 10.0. The Balaban J connectivity index is 2.24. The van der Waals surface area contributed by atoms with E-state index >= 15 is 0 Å². The summed E-state index contributed by atoms with van der Waals surface area (Å²) in [5, 5.41) is 31.5. The molecule has 0 aliphatic carbocycles. The number of allylic oxidation sites excluding steroid dienone is 1. The third kappa shape index (κ3) is 5.63. The molecule has 2 N–H and O–H groups in total. The van der Waals surface area contributed by atoms with E-state index in [0.717, 1.165) is 6.07 Å². The molecule has 0 fully saturated rings. The molecule has 2 aromatic carbocycles. The summed E-state index contributed by atoms with van der Waals surface area (Å²) in [5.41, 5.74) is 0.199. The van der Waals surface area contributed by atoms with Crippen LogP contribution in [-0.2, 0) is 17.6 Å². The maximum atomic E-state index is 12.7. The van der Waals surface area contributed by atoms with E-state index in [-0.39, 0.29) is 70.7 Å². The molecule has 184 valence electrons. The lowest BCUT2D eigenvalue weighted by molar-refractivity contribution is -0.385. The number of nitro benzene ring substituents is 1. The fourth-order valence-corrected chi connectivity index (χ4v) is 3.75. The molecule has 0 saturated carbocycles. The van der Waals surface area contributed by atoms with Crippen LogP contribution in [0.3, 0.4) is 0 Å². The summed E-state index contributed by atoms with van der Waals surface area (Å²) in [4.78, 5) is 23.6. The van der Waals surface area contributed by atoms with E-state index in [9.17, 15) is 25.1 Å². The van der Waals surface area contributed by atoms with Crippen molar-refractivity contribution in [2.75, 3.05) is 27.9 Å². The molecule has 0 spiro atoms. The molecule has 0 radical (unpaired) electrons. The Labute approximate surface area is 201 Å². The van der Waals surface area contributed by atoms with Crippen LogP contribution in [0.25, 0.3) is 0 Å². The average Bonchev–Trinajstić information content (AvgIpc) is 2.81. The largest absolute Gasteiger partial charge is 0.507 e. The predicted molar refractivity (Wildman–Crippen MR) is 125 cm³/mol. The number of esters is 1. The summed E-state index contributed by atoms with van der Waals surface area (Å²) < 4.78 is 21.2. The minimum atomic E-state index is -0.825. The summed E-state index contributed by atoms with van der Waals surface area (Å²) in [6.07, 6.45) is 2.77. The Morgan fingerprint density at radius 1 is 1.09 bits per heavy atom. The van der Waals surface area contributed by atoms with Crippen LogP contribution in [-0.4, -0.2) is 49.0 Å². The molecular weight excluding hydrogens is 470 g/mol. The van der Waals surface area contributed by atoms with Gasteiger partial charge in [-0.25, -0.2) is 4.79 Å². The minimum absolute atomic E-state index is 0.0173. The van der Waals surface area contributed by atoms with Crippen LogP contribution in [0.4, 0.5) is 5.69 Å². The van der Waals surface area contributed by atoms with Crippen LogP contribution in [0.2, 0.25) is 5.02 Å². The quantitative estimate of drug-likeness (QED) is 0.142. The van der Waals surface area contributed by atoms with Crippen molar-refractivity contribution in [1.29, 1.82) is 0 Å². The monoisotopic (exact) mass is 495 g/mol. The second-order valence-electron chi connectivity index (χ2n) is 7.05. The third-order valence-electron chi connectivity index (χ3n) is 5.03. The van der Waals surface area contributed by atoms with Gasteiger partial charge in [0, 0.05) is 11.6 Å². The lowest BCUT2D eigenvalue weighted by Crippen LogP contribution is -2.11. The molecular formula is C23H26ClNO9. The highest BCUT2D eigenvalue weighted by molar-refractivity contribution is 6.33. The molecule has 2 rings (SSSR count). The molecule has 0 bridgehead atoms. The maximum absolute atomic E-state index is 12.7. The Bertz CT molecular complexity index is 1090. The Kier molecular flexibility index (Phi) is 9.37.